The van der Waals surface area contributed by atoms with E-state index < -0.39 is 0 Å². The second-order valence-electron chi connectivity index (χ2n) is 4.40. The minimum Gasteiger partial charge on any atom is -0.496 e. The summed E-state index contributed by atoms with van der Waals surface area (Å²) in [6, 6.07) is 7.75. The summed E-state index contributed by atoms with van der Waals surface area (Å²) >= 11 is 0. The number of ether oxygens (including phenoxy) is 1. The zero-order valence-corrected chi connectivity index (χ0v) is 11.5. The first-order valence-corrected chi connectivity index (χ1v) is 5.97. The highest BCUT2D eigenvalue weighted by Crippen LogP contribution is 2.30. The second-order valence-corrected chi connectivity index (χ2v) is 4.40. The van der Waals surface area contributed by atoms with Gasteiger partial charge < -0.3 is 4.74 Å². The Hall–Kier alpha value is -2.41. The lowest BCUT2D eigenvalue weighted by Gasteiger charge is -2.12. The Labute approximate surface area is 112 Å². The molecule has 4 nitrogen and oxygen atoms in total. The van der Waals surface area contributed by atoms with Crippen LogP contribution in [0.1, 0.15) is 22.6 Å². The highest BCUT2D eigenvalue weighted by Gasteiger charge is 2.11. The summed E-state index contributed by atoms with van der Waals surface area (Å²) < 4.78 is 5.30. The number of aromatic nitrogens is 2. The number of nitriles is 1. The monoisotopic (exact) mass is 253 g/mol. The van der Waals surface area contributed by atoms with E-state index in [4.69, 9.17) is 10.00 Å². The highest BCUT2D eigenvalue weighted by molar-refractivity contribution is 5.67. The van der Waals surface area contributed by atoms with E-state index in [0.717, 1.165) is 33.8 Å². The van der Waals surface area contributed by atoms with E-state index >= 15 is 0 Å². The molecule has 0 aliphatic carbocycles. The molecule has 1 aromatic heterocycles. The normalized spacial score (nSPS) is 10.1. The molecule has 19 heavy (non-hydrogen) atoms. The molecule has 0 atom stereocenters. The van der Waals surface area contributed by atoms with Gasteiger partial charge in [-0.2, -0.15) is 5.26 Å². The van der Waals surface area contributed by atoms with Crippen molar-refractivity contribution in [2.45, 2.75) is 20.8 Å². The summed E-state index contributed by atoms with van der Waals surface area (Å²) in [5.41, 5.74) is 4.73. The number of methoxy groups -OCH3 is 1. The molecule has 4 heteroatoms. The minimum absolute atomic E-state index is 0.197. The molecule has 0 bridgehead atoms. The predicted molar refractivity (Wildman–Crippen MR) is 72.9 cm³/mol. The summed E-state index contributed by atoms with van der Waals surface area (Å²) in [7, 11) is 1.66. The average molecular weight is 253 g/mol. The van der Waals surface area contributed by atoms with Crippen molar-refractivity contribution in [3.63, 3.8) is 0 Å². The van der Waals surface area contributed by atoms with E-state index in [1.165, 1.54) is 0 Å². The van der Waals surface area contributed by atoms with Crippen molar-refractivity contribution in [2.75, 3.05) is 7.11 Å². The van der Waals surface area contributed by atoms with Gasteiger partial charge >= 0.3 is 0 Å². The summed E-state index contributed by atoms with van der Waals surface area (Å²) in [6.07, 6.45) is 0. The van der Waals surface area contributed by atoms with Crippen molar-refractivity contribution in [3.8, 4) is 23.1 Å². The van der Waals surface area contributed by atoms with E-state index in [9.17, 15) is 0 Å². The SMILES string of the molecule is COc1ccc(-c2cc(C)nc(C#N)n2)c(C)c1C. The standard InChI is InChI=1S/C15H15N3O/c1-9-7-13(18-15(8-16)17-9)12-5-6-14(19-4)11(3)10(12)2/h5-7H,1-4H3. The van der Waals surface area contributed by atoms with Gasteiger partial charge in [0.2, 0.25) is 5.82 Å². The third kappa shape index (κ3) is 2.41. The molecule has 0 fully saturated rings. The molecule has 96 valence electrons. The van der Waals surface area contributed by atoms with Gasteiger partial charge in [0, 0.05) is 11.3 Å². The van der Waals surface area contributed by atoms with Gasteiger partial charge in [-0.25, -0.2) is 9.97 Å². The van der Waals surface area contributed by atoms with Crippen LogP contribution in [0.4, 0.5) is 0 Å². The van der Waals surface area contributed by atoms with Crippen LogP contribution in [0.3, 0.4) is 0 Å². The lowest BCUT2D eigenvalue weighted by molar-refractivity contribution is 0.411. The van der Waals surface area contributed by atoms with Gasteiger partial charge in [-0.3, -0.25) is 0 Å². The molecule has 0 radical (unpaired) electrons. The molecule has 0 saturated carbocycles. The van der Waals surface area contributed by atoms with Crippen molar-refractivity contribution < 1.29 is 4.74 Å². The maximum absolute atomic E-state index is 8.94. The summed E-state index contributed by atoms with van der Waals surface area (Å²) in [4.78, 5) is 8.33. The van der Waals surface area contributed by atoms with Crippen molar-refractivity contribution >= 4 is 0 Å². The first kappa shape index (κ1) is 13.0. The Balaban J connectivity index is 2.63. The Kier molecular flexibility index (Phi) is 3.48. The molecule has 0 spiro atoms. The highest BCUT2D eigenvalue weighted by atomic mass is 16.5. The molecule has 0 unspecified atom stereocenters. The largest absolute Gasteiger partial charge is 0.496 e. The van der Waals surface area contributed by atoms with Crippen molar-refractivity contribution in [3.05, 3.63) is 40.8 Å². The Morgan fingerprint density at radius 3 is 2.47 bits per heavy atom. The quantitative estimate of drug-likeness (QED) is 0.825. The molecule has 0 amide bonds. The lowest BCUT2D eigenvalue weighted by atomic mass is 9.99. The van der Waals surface area contributed by atoms with Crippen LogP contribution in [-0.2, 0) is 0 Å². The van der Waals surface area contributed by atoms with Gasteiger partial charge in [-0.1, -0.05) is 0 Å². The summed E-state index contributed by atoms with van der Waals surface area (Å²) in [5, 5.41) is 8.94. The number of rotatable bonds is 2. The number of hydrogen-bond acceptors (Lipinski definition) is 4. The molecule has 1 aromatic carbocycles. The van der Waals surface area contributed by atoms with E-state index in [1.807, 2.05) is 45.0 Å². The van der Waals surface area contributed by atoms with Gasteiger partial charge in [0.25, 0.3) is 0 Å². The van der Waals surface area contributed by atoms with Gasteiger partial charge in [-0.05, 0) is 50.1 Å². The average Bonchev–Trinajstić information content (AvgIpc) is 2.41. The Bertz CT molecular complexity index is 672. The first-order valence-electron chi connectivity index (χ1n) is 5.97. The molecule has 2 aromatic rings. The fraction of sp³-hybridized carbons (Fsp3) is 0.267. The third-order valence-electron chi connectivity index (χ3n) is 3.19. The first-order chi connectivity index (χ1) is 9.06. The fourth-order valence-corrected chi connectivity index (χ4v) is 2.05. The van der Waals surface area contributed by atoms with Crippen LogP contribution in [0.25, 0.3) is 11.3 Å². The maximum Gasteiger partial charge on any atom is 0.232 e. The van der Waals surface area contributed by atoms with Gasteiger partial charge in [0.05, 0.1) is 12.8 Å². The van der Waals surface area contributed by atoms with Crippen molar-refractivity contribution in [2.24, 2.45) is 0 Å². The molecule has 2 rings (SSSR count). The number of benzene rings is 1. The number of hydrogen-bond donors (Lipinski definition) is 0. The van der Waals surface area contributed by atoms with E-state index in [0.29, 0.717) is 0 Å². The summed E-state index contributed by atoms with van der Waals surface area (Å²) in [6.45, 7) is 5.89. The van der Waals surface area contributed by atoms with Crippen molar-refractivity contribution in [1.29, 1.82) is 5.26 Å². The molecule has 0 aliphatic rings. The van der Waals surface area contributed by atoms with Crippen LogP contribution in [0.5, 0.6) is 5.75 Å². The Morgan fingerprint density at radius 2 is 1.84 bits per heavy atom. The minimum atomic E-state index is 0.197. The van der Waals surface area contributed by atoms with Gasteiger partial charge in [-0.15, -0.1) is 0 Å². The van der Waals surface area contributed by atoms with Crippen LogP contribution >= 0.6 is 0 Å². The molecular weight excluding hydrogens is 238 g/mol. The van der Waals surface area contributed by atoms with E-state index in [2.05, 4.69) is 9.97 Å². The topological polar surface area (TPSA) is 58.8 Å². The van der Waals surface area contributed by atoms with Crippen LogP contribution in [0.15, 0.2) is 18.2 Å². The van der Waals surface area contributed by atoms with Crippen molar-refractivity contribution in [1.82, 2.24) is 9.97 Å². The molecular formula is C15H15N3O. The molecule has 0 aliphatic heterocycles. The van der Waals surface area contributed by atoms with Crippen LogP contribution < -0.4 is 4.74 Å². The zero-order chi connectivity index (χ0) is 14.0. The Morgan fingerprint density at radius 1 is 1.11 bits per heavy atom. The third-order valence-corrected chi connectivity index (χ3v) is 3.19. The van der Waals surface area contributed by atoms with Gasteiger partial charge in [0.1, 0.15) is 11.8 Å². The molecule has 1 heterocycles. The van der Waals surface area contributed by atoms with Gasteiger partial charge in [0.15, 0.2) is 0 Å². The number of aryl methyl sites for hydroxylation is 1. The van der Waals surface area contributed by atoms with Crippen LogP contribution in [0.2, 0.25) is 0 Å². The van der Waals surface area contributed by atoms with E-state index in [1.54, 1.807) is 7.11 Å². The zero-order valence-electron chi connectivity index (χ0n) is 11.5. The second kappa shape index (κ2) is 5.07. The van der Waals surface area contributed by atoms with Crippen LogP contribution in [0, 0.1) is 32.1 Å². The number of nitrogens with zero attached hydrogens (tertiary/aromatic N) is 3. The molecule has 0 N–H and O–H groups in total. The van der Waals surface area contributed by atoms with Crippen LogP contribution in [-0.4, -0.2) is 17.1 Å². The van der Waals surface area contributed by atoms with E-state index in [-0.39, 0.29) is 5.82 Å². The summed E-state index contributed by atoms with van der Waals surface area (Å²) in [5.74, 6) is 1.05. The fourth-order valence-electron chi connectivity index (χ4n) is 2.05. The maximum atomic E-state index is 8.94. The molecule has 0 saturated heterocycles. The predicted octanol–water partition coefficient (Wildman–Crippen LogP) is 2.95. The lowest BCUT2D eigenvalue weighted by Crippen LogP contribution is -1.98. The smallest absolute Gasteiger partial charge is 0.232 e.